The number of rotatable bonds is 30. The Kier molecular flexibility index (Phi) is 37.7. The molecule has 0 bridgehead atoms. The molecule has 2 aliphatic carbocycles. The number of likely N-dealkylation sites (N-methyl/N-ethyl adjacent to an activating group) is 2. The van der Waals surface area contributed by atoms with Crippen molar-refractivity contribution in [2.75, 3.05) is 61.4 Å². The van der Waals surface area contributed by atoms with Gasteiger partial charge in [-0.25, -0.2) is 8.42 Å². The zero-order valence-electron chi connectivity index (χ0n) is 67.6. The molecule has 2 fully saturated rings. The van der Waals surface area contributed by atoms with Gasteiger partial charge in [-0.1, -0.05) is 165 Å². The standard InChI is InChI=1S/C46H76N4O8.C15H22O2.C14H20O3S.C7H16O2/c1-16-30(6)41(48(12)44(55)34(28(2)3)26-37(52)40(29(4)5)49(13)45(56)46(9,10)11)38(57-14)27-39(53)50-24-20-23-36(50)42(58-15)31(7)43(54)47-35(32(8)51)25-33-21-18-17-19-22-33;1-15(2,3)14(16)17-10-13-11-8-6-4-5-7-9-12(11)13;1-11-5-7-12(8-6-11)18(16,17)10-9-13(15)14(2,3)4;1-7(2,3)6(8-4)9-5/h17-19,21-22,28-31,34-36,38,40-42H,16,20,23-27H2,1-15H3,(H,47,54);11-13H,6-10H2,1-3H3;5-8H,9-10H2,1-4H3;6H,1-5H3/t30-,31+,34-,35-,36-,38+,40?,41-,42+;11-,12+,13?;;/m0.../s1. The number of likely N-dealkylation sites (tertiary alicyclic amines) is 1. The predicted molar refractivity (Wildman–Crippen MR) is 404 cm³/mol. The first-order valence-corrected chi connectivity index (χ1v) is 38.6. The van der Waals surface area contributed by atoms with Gasteiger partial charge in [0, 0.05) is 96.9 Å². The highest BCUT2D eigenvalue weighted by atomic mass is 32.2. The summed E-state index contributed by atoms with van der Waals surface area (Å²) in [5, 5.41) is 2.93. The monoisotopic (exact) mass is 1450 g/mol. The van der Waals surface area contributed by atoms with Gasteiger partial charge in [0.05, 0.1) is 71.4 Å². The Bertz CT molecular complexity index is 3140. The number of hydrogen-bond acceptors (Lipinski definition) is 15. The lowest BCUT2D eigenvalue weighted by Gasteiger charge is -2.41. The summed E-state index contributed by atoms with van der Waals surface area (Å²) in [6.45, 7) is 40.8. The Balaban J connectivity index is 0.000000636. The fourth-order valence-electron chi connectivity index (χ4n) is 13.6. The molecule has 19 nitrogen and oxygen atoms in total. The highest BCUT2D eigenvalue weighted by Crippen LogP contribution is 2.52. The lowest BCUT2D eigenvalue weighted by atomic mass is 9.83. The van der Waals surface area contributed by atoms with Crippen LogP contribution in [0.25, 0.3) is 0 Å². The Morgan fingerprint density at radius 3 is 1.67 bits per heavy atom. The third kappa shape index (κ3) is 28.9. The summed E-state index contributed by atoms with van der Waals surface area (Å²) >= 11 is 0. The summed E-state index contributed by atoms with van der Waals surface area (Å²) in [6.07, 6.45) is 5.55. The lowest BCUT2D eigenvalue weighted by Crippen LogP contribution is -2.55. The first-order valence-electron chi connectivity index (χ1n) is 37.0. The van der Waals surface area contributed by atoms with Gasteiger partial charge in [-0.3, -0.25) is 38.4 Å². The second-order valence-electron chi connectivity index (χ2n) is 33.3. The van der Waals surface area contributed by atoms with E-state index in [0.717, 1.165) is 42.2 Å². The second kappa shape index (κ2) is 41.7. The molecule has 3 aliphatic rings. The Hall–Kier alpha value is -5.85. The van der Waals surface area contributed by atoms with Crippen molar-refractivity contribution in [1.82, 2.24) is 20.0 Å². The number of nitrogens with one attached hydrogen (secondary N) is 1. The molecule has 0 aromatic heterocycles. The second-order valence-corrected chi connectivity index (χ2v) is 35.4. The molecule has 578 valence electrons. The molecule has 0 spiro atoms. The van der Waals surface area contributed by atoms with Gasteiger partial charge in [0.2, 0.25) is 23.6 Å². The van der Waals surface area contributed by atoms with Gasteiger partial charge in [-0.15, -0.1) is 11.8 Å². The number of ether oxygens (including phenoxy) is 5. The van der Waals surface area contributed by atoms with Crippen LogP contribution in [0.1, 0.15) is 214 Å². The summed E-state index contributed by atoms with van der Waals surface area (Å²) in [5.74, 6) is 5.49. The quantitative estimate of drug-likeness (QED) is 0.0435. The normalized spacial score (nSPS) is 19.2. The first-order chi connectivity index (χ1) is 47.2. The number of Topliss-reactive ketones (excluding diaryl/α,β-unsaturated/α-hetero) is 3. The van der Waals surface area contributed by atoms with Gasteiger partial charge in [-0.2, -0.15) is 0 Å². The van der Waals surface area contributed by atoms with Crippen LogP contribution in [0.2, 0.25) is 0 Å². The summed E-state index contributed by atoms with van der Waals surface area (Å²) in [7, 11) is 6.44. The largest absolute Gasteiger partial charge is 0.465 e. The van der Waals surface area contributed by atoms with Crippen molar-refractivity contribution >= 4 is 56.8 Å². The third-order valence-corrected chi connectivity index (χ3v) is 21.8. The minimum atomic E-state index is -3.35. The molecule has 12 atom stereocenters. The van der Waals surface area contributed by atoms with Gasteiger partial charge >= 0.3 is 5.97 Å². The van der Waals surface area contributed by atoms with E-state index in [-0.39, 0.29) is 118 Å². The molecular formula is C82H134N4O15S. The van der Waals surface area contributed by atoms with Crippen molar-refractivity contribution in [1.29, 1.82) is 0 Å². The van der Waals surface area contributed by atoms with Crippen LogP contribution < -0.4 is 5.32 Å². The summed E-state index contributed by atoms with van der Waals surface area (Å²) in [6, 6.07) is 14.0. The number of hydrogen-bond donors (Lipinski definition) is 1. The highest BCUT2D eigenvalue weighted by molar-refractivity contribution is 7.91. The van der Waals surface area contributed by atoms with E-state index >= 15 is 0 Å². The zero-order chi connectivity index (χ0) is 78.2. The van der Waals surface area contributed by atoms with Crippen LogP contribution in [0.5, 0.6) is 0 Å². The topological polar surface area (TPSA) is 239 Å². The molecule has 2 aromatic rings. The van der Waals surface area contributed by atoms with Crippen molar-refractivity contribution in [3.8, 4) is 11.8 Å². The molecule has 102 heavy (non-hydrogen) atoms. The number of sulfone groups is 1. The molecule has 1 aliphatic heterocycles. The Morgan fingerprint density at radius 1 is 0.686 bits per heavy atom. The molecule has 1 heterocycles. The minimum absolute atomic E-state index is 0.000529. The van der Waals surface area contributed by atoms with E-state index in [0.29, 0.717) is 38.3 Å². The fraction of sp³-hybridized carbons (Fsp3) is 0.732. The van der Waals surface area contributed by atoms with Crippen molar-refractivity contribution in [3.63, 3.8) is 0 Å². The third-order valence-electron chi connectivity index (χ3n) is 20.0. The molecule has 20 heteroatoms. The van der Waals surface area contributed by atoms with Gasteiger partial charge in [0.25, 0.3) is 0 Å². The first kappa shape index (κ1) is 92.2. The van der Waals surface area contributed by atoms with Crippen LogP contribution in [-0.2, 0) is 78.3 Å². The summed E-state index contributed by atoms with van der Waals surface area (Å²) in [4.78, 5) is 111. The smallest absolute Gasteiger partial charge is 0.311 e. The number of esters is 1. The molecule has 0 radical (unpaired) electrons. The molecule has 1 saturated heterocycles. The van der Waals surface area contributed by atoms with E-state index in [9.17, 15) is 46.8 Å². The zero-order valence-corrected chi connectivity index (χ0v) is 68.4. The predicted octanol–water partition coefficient (Wildman–Crippen LogP) is 13.4. The SMILES string of the molecule is CC(C)(C)C(=O)OCC1[C@H]2CCC#CCC[C@@H]12.CC[C@H](C)[C@@H]([C@@H](CC(=O)N1CCC[C@H]1[C@H](OC)[C@@H](C)C(=O)N[C@@H](Cc1ccccc1)C(C)=O)OC)N(C)C(=O)[C@@H](CC(=O)C(C(C)C)N(C)C(=O)C(C)(C)C)C(C)C.COC(OC)C(C)(C)C.Cc1ccc(S(=O)(=O)CCC(=O)C(C)(C)C)cc1. The van der Waals surface area contributed by atoms with Crippen LogP contribution in [0.4, 0.5) is 0 Å². The number of benzene rings is 2. The number of ketones is 3. The molecule has 4 amide bonds. The van der Waals surface area contributed by atoms with E-state index in [1.54, 1.807) is 104 Å². The van der Waals surface area contributed by atoms with E-state index in [1.165, 1.54) is 24.7 Å². The minimum Gasteiger partial charge on any atom is -0.465 e. The maximum atomic E-state index is 14.5. The number of carbonyl (C=O) groups excluding carboxylic acids is 8. The number of carbonyl (C=O) groups is 8. The van der Waals surface area contributed by atoms with Gasteiger partial charge in [-0.05, 0) is 120 Å². The van der Waals surface area contributed by atoms with Crippen molar-refractivity contribution in [2.24, 2.45) is 69.0 Å². The summed E-state index contributed by atoms with van der Waals surface area (Å²) < 4.78 is 51.6. The highest BCUT2D eigenvalue weighted by Gasteiger charge is 2.50. The summed E-state index contributed by atoms with van der Waals surface area (Å²) in [5.41, 5.74) is 0.497. The van der Waals surface area contributed by atoms with Crippen molar-refractivity contribution in [3.05, 3.63) is 65.7 Å². The fourth-order valence-corrected chi connectivity index (χ4v) is 14.8. The number of methoxy groups -OCH3 is 4. The van der Waals surface area contributed by atoms with Gasteiger partial charge in [0.1, 0.15) is 5.78 Å². The molecule has 2 aromatic carbocycles. The average molecular weight is 1450 g/mol. The molecule has 5 rings (SSSR count). The van der Waals surface area contributed by atoms with E-state index in [4.69, 9.17) is 23.7 Å². The number of amides is 4. The Labute approximate surface area is 615 Å². The maximum absolute atomic E-state index is 14.5. The lowest BCUT2D eigenvalue weighted by molar-refractivity contribution is -0.161. The van der Waals surface area contributed by atoms with Crippen LogP contribution in [0, 0.1) is 87.8 Å². The van der Waals surface area contributed by atoms with E-state index in [1.807, 2.05) is 120 Å². The number of fused-ring (bicyclic) bond motifs is 1. The van der Waals surface area contributed by atoms with E-state index in [2.05, 4.69) is 37.9 Å². The average Bonchev–Trinajstić information content (AvgIpc) is 1.61. The van der Waals surface area contributed by atoms with Crippen molar-refractivity contribution < 1.29 is 70.5 Å². The maximum Gasteiger partial charge on any atom is 0.311 e. The van der Waals surface area contributed by atoms with Crippen LogP contribution in [-0.4, -0.2) is 174 Å². The van der Waals surface area contributed by atoms with Crippen LogP contribution in [0.15, 0.2) is 59.5 Å². The van der Waals surface area contributed by atoms with Crippen LogP contribution >= 0.6 is 0 Å². The van der Waals surface area contributed by atoms with Crippen LogP contribution in [0.3, 0.4) is 0 Å². The molecular weight excluding hydrogens is 1310 g/mol. The molecule has 2 unspecified atom stereocenters. The number of aryl methyl sites for hydroxylation is 1. The van der Waals surface area contributed by atoms with E-state index < -0.39 is 62.8 Å². The number of nitrogens with zero attached hydrogens (tertiary/aromatic N) is 3. The molecule has 1 N–H and O–H groups in total. The van der Waals surface area contributed by atoms with Gasteiger partial charge < -0.3 is 43.7 Å². The Morgan fingerprint density at radius 2 is 1.24 bits per heavy atom. The molecule has 1 saturated carbocycles. The van der Waals surface area contributed by atoms with Crippen molar-refractivity contribution in [2.45, 2.75) is 264 Å². The van der Waals surface area contributed by atoms with Gasteiger partial charge in [0.15, 0.2) is 27.7 Å².